The highest BCUT2D eigenvalue weighted by atomic mass is 79.9. The second-order valence-electron chi connectivity index (χ2n) is 3.52. The summed E-state index contributed by atoms with van der Waals surface area (Å²) in [6, 6.07) is 3.87. The van der Waals surface area contributed by atoms with E-state index < -0.39 is 0 Å². The maximum absolute atomic E-state index is 5.69. The lowest BCUT2D eigenvalue weighted by atomic mass is 10.2. The normalized spacial score (nSPS) is 10.2. The summed E-state index contributed by atoms with van der Waals surface area (Å²) in [6.45, 7) is 3.32. The Kier molecular flexibility index (Phi) is 5.63. The summed E-state index contributed by atoms with van der Waals surface area (Å²) in [5.41, 5.74) is 6.62. The number of halogens is 1. The molecule has 0 aliphatic heterocycles. The quantitative estimate of drug-likeness (QED) is 0.818. The number of rotatable bonds is 6. The number of hydrogen-bond acceptors (Lipinski definition) is 3. The van der Waals surface area contributed by atoms with Crippen molar-refractivity contribution in [2.75, 3.05) is 13.7 Å². The van der Waals surface area contributed by atoms with Gasteiger partial charge in [0.05, 0.1) is 18.2 Å². The average molecular weight is 288 g/mol. The zero-order chi connectivity index (χ0) is 12.0. The predicted octanol–water partition coefficient (Wildman–Crippen LogP) is 3.10. The Bertz CT molecular complexity index is 342. The fraction of sp³-hybridized carbons (Fsp3) is 0.500. The summed E-state index contributed by atoms with van der Waals surface area (Å²) < 4.78 is 11.9. The van der Waals surface area contributed by atoms with E-state index in [0.717, 1.165) is 34.4 Å². The van der Waals surface area contributed by atoms with Gasteiger partial charge in [0.1, 0.15) is 0 Å². The van der Waals surface area contributed by atoms with E-state index in [1.165, 1.54) is 0 Å². The minimum Gasteiger partial charge on any atom is -0.493 e. The van der Waals surface area contributed by atoms with E-state index in [1.807, 2.05) is 12.1 Å². The van der Waals surface area contributed by atoms with Crippen molar-refractivity contribution in [2.45, 2.75) is 26.3 Å². The van der Waals surface area contributed by atoms with Crippen LogP contribution in [0.1, 0.15) is 25.3 Å². The van der Waals surface area contributed by atoms with E-state index in [1.54, 1.807) is 7.11 Å². The lowest BCUT2D eigenvalue weighted by molar-refractivity contribution is 0.286. The first-order chi connectivity index (χ1) is 7.72. The first-order valence-corrected chi connectivity index (χ1v) is 6.21. The standard InChI is InChI=1S/C12H18BrNO2/c1-3-4-5-16-12-10(13)6-9(8-14)7-11(12)15-2/h6-7H,3-5,8,14H2,1-2H3. The van der Waals surface area contributed by atoms with E-state index in [-0.39, 0.29) is 0 Å². The summed E-state index contributed by atoms with van der Waals surface area (Å²) in [5.74, 6) is 1.49. The third-order valence-corrected chi connectivity index (χ3v) is 2.86. The van der Waals surface area contributed by atoms with Crippen LogP contribution in [0.3, 0.4) is 0 Å². The van der Waals surface area contributed by atoms with Crippen LogP contribution in [0, 0.1) is 0 Å². The molecule has 1 aromatic rings. The number of unbranched alkanes of at least 4 members (excludes halogenated alkanes) is 1. The van der Waals surface area contributed by atoms with Gasteiger partial charge in [0.15, 0.2) is 11.5 Å². The molecular formula is C12H18BrNO2. The van der Waals surface area contributed by atoms with E-state index in [4.69, 9.17) is 15.2 Å². The highest BCUT2D eigenvalue weighted by Gasteiger charge is 2.10. The average Bonchev–Trinajstić information content (AvgIpc) is 2.30. The third kappa shape index (κ3) is 3.39. The van der Waals surface area contributed by atoms with Gasteiger partial charge in [0, 0.05) is 6.54 Å². The van der Waals surface area contributed by atoms with Crippen molar-refractivity contribution in [1.29, 1.82) is 0 Å². The summed E-state index contributed by atoms with van der Waals surface area (Å²) in [7, 11) is 1.63. The molecule has 1 rings (SSSR count). The van der Waals surface area contributed by atoms with Crippen LogP contribution in [0.4, 0.5) is 0 Å². The lowest BCUT2D eigenvalue weighted by Crippen LogP contribution is -2.02. The predicted molar refractivity (Wildman–Crippen MR) is 69.0 cm³/mol. The van der Waals surface area contributed by atoms with E-state index in [2.05, 4.69) is 22.9 Å². The first-order valence-electron chi connectivity index (χ1n) is 5.42. The molecule has 16 heavy (non-hydrogen) atoms. The Morgan fingerprint density at radius 3 is 2.69 bits per heavy atom. The second-order valence-corrected chi connectivity index (χ2v) is 4.37. The minimum absolute atomic E-state index is 0.490. The van der Waals surface area contributed by atoms with Gasteiger partial charge in [-0.1, -0.05) is 13.3 Å². The van der Waals surface area contributed by atoms with Crippen LogP contribution in [0.25, 0.3) is 0 Å². The van der Waals surface area contributed by atoms with E-state index >= 15 is 0 Å². The summed E-state index contributed by atoms with van der Waals surface area (Å²) in [5, 5.41) is 0. The largest absolute Gasteiger partial charge is 0.493 e. The molecule has 0 unspecified atom stereocenters. The fourth-order valence-corrected chi connectivity index (χ4v) is 1.95. The number of benzene rings is 1. The van der Waals surface area contributed by atoms with Gasteiger partial charge in [-0.05, 0) is 40.0 Å². The van der Waals surface area contributed by atoms with Crippen molar-refractivity contribution in [3.8, 4) is 11.5 Å². The van der Waals surface area contributed by atoms with Crippen LogP contribution in [0.2, 0.25) is 0 Å². The fourth-order valence-electron chi connectivity index (χ4n) is 1.35. The molecule has 4 heteroatoms. The monoisotopic (exact) mass is 287 g/mol. The molecule has 0 atom stereocenters. The van der Waals surface area contributed by atoms with Crippen LogP contribution >= 0.6 is 15.9 Å². The zero-order valence-corrected chi connectivity index (χ0v) is 11.3. The molecule has 0 aromatic heterocycles. The summed E-state index contributed by atoms with van der Waals surface area (Å²) in [4.78, 5) is 0. The molecule has 3 nitrogen and oxygen atoms in total. The maximum atomic E-state index is 5.69. The molecule has 0 amide bonds. The van der Waals surface area contributed by atoms with Crippen molar-refractivity contribution in [2.24, 2.45) is 5.73 Å². The van der Waals surface area contributed by atoms with Gasteiger partial charge in [-0.2, -0.15) is 0 Å². The molecule has 0 bridgehead atoms. The Morgan fingerprint density at radius 2 is 2.12 bits per heavy atom. The number of ether oxygens (including phenoxy) is 2. The summed E-state index contributed by atoms with van der Waals surface area (Å²) >= 11 is 3.47. The Hall–Kier alpha value is -0.740. The van der Waals surface area contributed by atoms with Crippen LogP contribution < -0.4 is 15.2 Å². The zero-order valence-electron chi connectivity index (χ0n) is 9.75. The van der Waals surface area contributed by atoms with Crippen molar-refractivity contribution >= 4 is 15.9 Å². The minimum atomic E-state index is 0.490. The van der Waals surface area contributed by atoms with Crippen LogP contribution in [-0.4, -0.2) is 13.7 Å². The Morgan fingerprint density at radius 1 is 1.38 bits per heavy atom. The second kappa shape index (κ2) is 6.76. The van der Waals surface area contributed by atoms with Crippen molar-refractivity contribution in [1.82, 2.24) is 0 Å². The number of nitrogens with two attached hydrogens (primary N) is 1. The molecule has 0 aliphatic carbocycles. The third-order valence-electron chi connectivity index (χ3n) is 2.27. The van der Waals surface area contributed by atoms with Gasteiger partial charge in [-0.15, -0.1) is 0 Å². The van der Waals surface area contributed by atoms with Crippen LogP contribution in [-0.2, 0) is 6.54 Å². The van der Waals surface area contributed by atoms with Gasteiger partial charge in [0.2, 0.25) is 0 Å². The molecule has 0 fully saturated rings. The van der Waals surface area contributed by atoms with E-state index in [9.17, 15) is 0 Å². The van der Waals surface area contributed by atoms with Gasteiger partial charge in [-0.3, -0.25) is 0 Å². The molecule has 0 heterocycles. The molecule has 0 aliphatic rings. The topological polar surface area (TPSA) is 44.5 Å². The molecule has 0 radical (unpaired) electrons. The number of methoxy groups -OCH3 is 1. The first kappa shape index (κ1) is 13.3. The SMILES string of the molecule is CCCCOc1c(Br)cc(CN)cc1OC. The van der Waals surface area contributed by atoms with Gasteiger partial charge >= 0.3 is 0 Å². The number of hydrogen-bond donors (Lipinski definition) is 1. The molecular weight excluding hydrogens is 270 g/mol. The molecule has 0 saturated carbocycles. The molecule has 90 valence electrons. The van der Waals surface area contributed by atoms with Crippen LogP contribution in [0.5, 0.6) is 11.5 Å². The Balaban J connectivity index is 2.88. The highest BCUT2D eigenvalue weighted by molar-refractivity contribution is 9.10. The van der Waals surface area contributed by atoms with Crippen molar-refractivity contribution < 1.29 is 9.47 Å². The van der Waals surface area contributed by atoms with Crippen LogP contribution in [0.15, 0.2) is 16.6 Å². The van der Waals surface area contributed by atoms with Crippen molar-refractivity contribution in [3.05, 3.63) is 22.2 Å². The molecule has 0 spiro atoms. The van der Waals surface area contributed by atoms with Crippen molar-refractivity contribution in [3.63, 3.8) is 0 Å². The molecule has 2 N–H and O–H groups in total. The summed E-state index contributed by atoms with van der Waals surface area (Å²) in [6.07, 6.45) is 2.15. The van der Waals surface area contributed by atoms with Gasteiger partial charge in [-0.25, -0.2) is 0 Å². The molecule has 1 aromatic carbocycles. The van der Waals surface area contributed by atoms with E-state index in [0.29, 0.717) is 13.2 Å². The maximum Gasteiger partial charge on any atom is 0.175 e. The lowest BCUT2D eigenvalue weighted by Gasteiger charge is -2.13. The molecule has 0 saturated heterocycles. The highest BCUT2D eigenvalue weighted by Crippen LogP contribution is 2.36. The Labute approximate surface area is 105 Å². The van der Waals surface area contributed by atoms with Gasteiger partial charge < -0.3 is 15.2 Å². The smallest absolute Gasteiger partial charge is 0.175 e. The van der Waals surface area contributed by atoms with Gasteiger partial charge in [0.25, 0.3) is 0 Å².